The van der Waals surface area contributed by atoms with Gasteiger partial charge in [0.15, 0.2) is 0 Å². The average molecular weight is 372 g/mol. The number of halogens is 4. The van der Waals surface area contributed by atoms with E-state index in [1.165, 1.54) is 16.8 Å². The minimum absolute atomic E-state index is 0.00181. The van der Waals surface area contributed by atoms with Crippen LogP contribution < -0.4 is 5.32 Å². The molecule has 0 amide bonds. The van der Waals surface area contributed by atoms with Gasteiger partial charge in [0, 0.05) is 22.5 Å². The first-order chi connectivity index (χ1) is 11.6. The number of hydrogen-bond donors (Lipinski definition) is 1. The molecular weight excluding hydrogens is 351 g/mol. The van der Waals surface area contributed by atoms with Crippen LogP contribution >= 0.6 is 11.6 Å². The molecule has 0 saturated carbocycles. The van der Waals surface area contributed by atoms with Crippen LogP contribution in [0.4, 0.5) is 19.0 Å². The van der Waals surface area contributed by atoms with Crippen LogP contribution in [-0.4, -0.2) is 16.3 Å². The Hall–Kier alpha value is -1.69. The van der Waals surface area contributed by atoms with Crippen LogP contribution in [0.1, 0.15) is 50.4 Å². The van der Waals surface area contributed by atoms with Crippen LogP contribution in [-0.2, 0) is 18.0 Å². The van der Waals surface area contributed by atoms with Gasteiger partial charge in [-0.3, -0.25) is 0 Å². The van der Waals surface area contributed by atoms with Gasteiger partial charge in [0.05, 0.1) is 16.9 Å². The van der Waals surface area contributed by atoms with Crippen molar-refractivity contribution in [2.24, 2.45) is 0 Å². The highest BCUT2D eigenvalue weighted by molar-refractivity contribution is 6.30. The van der Waals surface area contributed by atoms with Crippen LogP contribution in [0.2, 0.25) is 5.02 Å². The topological polar surface area (TPSA) is 29.9 Å². The molecule has 136 valence electrons. The number of rotatable bonds is 1. The average Bonchev–Trinajstić information content (AvgIpc) is 2.69. The number of alkyl halides is 3. The third kappa shape index (κ3) is 3.50. The number of benzene rings is 1. The fourth-order valence-corrected chi connectivity index (χ4v) is 3.37. The Bertz CT molecular complexity index is 788. The summed E-state index contributed by atoms with van der Waals surface area (Å²) in [5.74, 6) is 0.662. The third-order valence-electron chi connectivity index (χ3n) is 4.33. The highest BCUT2D eigenvalue weighted by Gasteiger charge is 2.36. The van der Waals surface area contributed by atoms with E-state index in [9.17, 15) is 13.2 Å². The summed E-state index contributed by atoms with van der Waals surface area (Å²) in [6.07, 6.45) is -1.73. The van der Waals surface area contributed by atoms with Crippen molar-refractivity contribution >= 4 is 17.4 Å². The van der Waals surface area contributed by atoms with E-state index in [2.05, 4.69) is 10.4 Å². The largest absolute Gasteiger partial charge is 0.418 e. The maximum absolute atomic E-state index is 13.5. The highest BCUT2D eigenvalue weighted by Crippen LogP contribution is 2.39. The third-order valence-corrected chi connectivity index (χ3v) is 4.57. The zero-order valence-corrected chi connectivity index (χ0v) is 15.2. The molecule has 3 rings (SSSR count). The van der Waals surface area contributed by atoms with E-state index in [1.807, 2.05) is 20.8 Å². The highest BCUT2D eigenvalue weighted by atomic mass is 35.5. The summed E-state index contributed by atoms with van der Waals surface area (Å²) in [6.45, 7) is 6.79. The van der Waals surface area contributed by atoms with E-state index in [0.717, 1.165) is 43.1 Å². The van der Waals surface area contributed by atoms with E-state index in [4.69, 9.17) is 11.6 Å². The molecule has 3 nitrogen and oxygen atoms in total. The van der Waals surface area contributed by atoms with Crippen molar-refractivity contribution in [3.05, 3.63) is 40.0 Å². The lowest BCUT2D eigenvalue weighted by Crippen LogP contribution is -2.16. The quantitative estimate of drug-likeness (QED) is 0.708. The smallest absolute Gasteiger partial charge is 0.370 e. The number of nitrogens with zero attached hydrogens (tertiary/aromatic N) is 2. The SMILES string of the molecule is CC(C)(C)c1nn(-c2ccc(Cl)cc2C(F)(F)F)c2c1CCCCN2. The predicted octanol–water partition coefficient (Wildman–Crippen LogP) is 5.59. The molecule has 1 aliphatic heterocycles. The van der Waals surface area contributed by atoms with Crippen LogP contribution in [0.25, 0.3) is 5.69 Å². The number of fused-ring (bicyclic) bond motifs is 1. The molecular formula is C18H21ClF3N3. The second-order valence-electron chi connectivity index (χ2n) is 7.38. The first kappa shape index (κ1) is 18.1. The molecule has 2 heterocycles. The van der Waals surface area contributed by atoms with Crippen molar-refractivity contribution in [2.45, 2.75) is 51.6 Å². The molecule has 0 unspecified atom stereocenters. The summed E-state index contributed by atoms with van der Waals surface area (Å²) in [4.78, 5) is 0. The van der Waals surface area contributed by atoms with E-state index < -0.39 is 11.7 Å². The molecule has 1 N–H and O–H groups in total. The van der Waals surface area contributed by atoms with Crippen molar-refractivity contribution < 1.29 is 13.2 Å². The molecule has 1 aromatic heterocycles. The predicted molar refractivity (Wildman–Crippen MR) is 93.7 cm³/mol. The summed E-state index contributed by atoms with van der Waals surface area (Å²) >= 11 is 5.81. The van der Waals surface area contributed by atoms with Gasteiger partial charge in [-0.1, -0.05) is 32.4 Å². The van der Waals surface area contributed by atoms with Crippen molar-refractivity contribution in [2.75, 3.05) is 11.9 Å². The van der Waals surface area contributed by atoms with Crippen LogP contribution in [0, 0.1) is 0 Å². The molecule has 0 fully saturated rings. The maximum Gasteiger partial charge on any atom is 0.418 e. The van der Waals surface area contributed by atoms with E-state index >= 15 is 0 Å². The monoisotopic (exact) mass is 371 g/mol. The van der Waals surface area contributed by atoms with Crippen molar-refractivity contribution in [1.82, 2.24) is 9.78 Å². The Morgan fingerprint density at radius 3 is 2.52 bits per heavy atom. The Morgan fingerprint density at radius 2 is 1.88 bits per heavy atom. The molecule has 0 aliphatic carbocycles. The minimum Gasteiger partial charge on any atom is -0.370 e. The summed E-state index contributed by atoms with van der Waals surface area (Å²) in [6, 6.07) is 3.81. The van der Waals surface area contributed by atoms with E-state index in [0.29, 0.717) is 5.82 Å². The normalized spacial score (nSPS) is 15.5. The van der Waals surface area contributed by atoms with Gasteiger partial charge >= 0.3 is 6.18 Å². The zero-order valence-electron chi connectivity index (χ0n) is 14.5. The fraction of sp³-hybridized carbons (Fsp3) is 0.500. The molecule has 1 aliphatic rings. The molecule has 7 heteroatoms. The Balaban J connectivity index is 2.27. The van der Waals surface area contributed by atoms with Crippen molar-refractivity contribution in [1.29, 1.82) is 0 Å². The first-order valence-electron chi connectivity index (χ1n) is 8.32. The summed E-state index contributed by atoms with van der Waals surface area (Å²) in [7, 11) is 0. The van der Waals surface area contributed by atoms with E-state index in [-0.39, 0.29) is 16.1 Å². The first-order valence-corrected chi connectivity index (χ1v) is 8.70. The molecule has 1 aromatic carbocycles. The lowest BCUT2D eigenvalue weighted by Gasteiger charge is -2.17. The summed E-state index contributed by atoms with van der Waals surface area (Å²) in [5.41, 5.74) is 0.800. The number of aromatic nitrogens is 2. The Kier molecular flexibility index (Phi) is 4.52. The molecule has 0 atom stereocenters. The van der Waals surface area contributed by atoms with Crippen LogP contribution in [0.15, 0.2) is 18.2 Å². The Morgan fingerprint density at radius 1 is 1.16 bits per heavy atom. The fourth-order valence-electron chi connectivity index (χ4n) is 3.20. The minimum atomic E-state index is -4.51. The zero-order chi connectivity index (χ0) is 18.4. The van der Waals surface area contributed by atoms with E-state index in [1.54, 1.807) is 0 Å². The Labute approximate surface area is 150 Å². The van der Waals surface area contributed by atoms with Gasteiger partial charge in [-0.25, -0.2) is 4.68 Å². The summed E-state index contributed by atoms with van der Waals surface area (Å²) in [5, 5.41) is 7.92. The number of hydrogen-bond acceptors (Lipinski definition) is 2. The molecule has 2 aromatic rings. The lowest BCUT2D eigenvalue weighted by molar-refractivity contribution is -0.137. The number of nitrogens with one attached hydrogen (secondary N) is 1. The van der Waals surface area contributed by atoms with Gasteiger partial charge in [0.25, 0.3) is 0 Å². The number of anilines is 1. The second kappa shape index (κ2) is 6.24. The molecule has 0 spiro atoms. The van der Waals surface area contributed by atoms with Crippen LogP contribution in [0.5, 0.6) is 0 Å². The van der Waals surface area contributed by atoms with Gasteiger partial charge in [-0.15, -0.1) is 0 Å². The molecule has 0 bridgehead atoms. The lowest BCUT2D eigenvalue weighted by atomic mass is 9.88. The standard InChI is InChI=1S/C18H21ClF3N3/c1-17(2,3)15-12-6-4-5-9-23-16(12)25(24-15)14-8-7-11(19)10-13(14)18(20,21)22/h7-8,10,23H,4-6,9H2,1-3H3. The van der Waals surface area contributed by atoms with Gasteiger partial charge in [0.1, 0.15) is 5.82 Å². The van der Waals surface area contributed by atoms with Gasteiger partial charge in [0.2, 0.25) is 0 Å². The summed E-state index contributed by atoms with van der Waals surface area (Å²) < 4.78 is 42.0. The molecule has 0 saturated heterocycles. The van der Waals surface area contributed by atoms with Gasteiger partial charge in [-0.05, 0) is 37.5 Å². The molecule has 25 heavy (non-hydrogen) atoms. The van der Waals surface area contributed by atoms with Crippen molar-refractivity contribution in [3.63, 3.8) is 0 Å². The van der Waals surface area contributed by atoms with Crippen molar-refractivity contribution in [3.8, 4) is 5.69 Å². The van der Waals surface area contributed by atoms with Gasteiger partial charge in [-0.2, -0.15) is 18.3 Å². The van der Waals surface area contributed by atoms with Crippen LogP contribution in [0.3, 0.4) is 0 Å². The molecule has 0 radical (unpaired) electrons. The second-order valence-corrected chi connectivity index (χ2v) is 7.82. The van der Waals surface area contributed by atoms with Gasteiger partial charge < -0.3 is 5.32 Å². The maximum atomic E-state index is 13.5.